The van der Waals surface area contributed by atoms with Gasteiger partial charge in [0.2, 0.25) is 5.91 Å². The Bertz CT molecular complexity index is 1390. The van der Waals surface area contributed by atoms with E-state index in [-0.39, 0.29) is 17.2 Å². The molecule has 11 heteroatoms. The largest absolute Gasteiger partial charge is 0.497 e. The fourth-order valence-electron chi connectivity index (χ4n) is 3.45. The number of nitrogens with one attached hydrogen (secondary N) is 3. The van der Waals surface area contributed by atoms with E-state index in [2.05, 4.69) is 21.2 Å². The zero-order valence-electron chi connectivity index (χ0n) is 19.5. The molecule has 1 saturated heterocycles. The van der Waals surface area contributed by atoms with Crippen LogP contribution in [0, 0.1) is 5.92 Å². The van der Waals surface area contributed by atoms with Gasteiger partial charge in [-0.15, -0.1) is 0 Å². The van der Waals surface area contributed by atoms with E-state index in [4.69, 9.17) is 4.74 Å². The van der Waals surface area contributed by atoms with Crippen LogP contribution in [0.3, 0.4) is 0 Å². The van der Waals surface area contributed by atoms with Crippen LogP contribution in [0.15, 0.2) is 84.0 Å². The van der Waals surface area contributed by atoms with Crippen molar-refractivity contribution in [1.29, 1.82) is 0 Å². The molecule has 0 aromatic heterocycles. The molecule has 4 rings (SSSR count). The molecule has 3 N–H and O–H groups in total. The molecule has 1 aliphatic rings. The highest BCUT2D eigenvalue weighted by Gasteiger charge is 2.40. The van der Waals surface area contributed by atoms with Gasteiger partial charge in [0.25, 0.3) is 17.7 Å². The van der Waals surface area contributed by atoms with Gasteiger partial charge in [-0.25, -0.2) is 15.1 Å². The highest BCUT2D eigenvalue weighted by molar-refractivity contribution is 6.32. The average Bonchev–Trinajstić information content (AvgIpc) is 2.91. The van der Waals surface area contributed by atoms with Crippen molar-refractivity contribution in [3.63, 3.8) is 0 Å². The zero-order chi connectivity index (χ0) is 26.4. The number of carbonyl (C=O) groups excluding carboxylic acids is 5. The van der Waals surface area contributed by atoms with E-state index in [1.54, 1.807) is 54.6 Å². The first-order valence-electron chi connectivity index (χ1n) is 11.0. The minimum Gasteiger partial charge on any atom is -0.497 e. The van der Waals surface area contributed by atoms with Crippen LogP contribution in [0.2, 0.25) is 0 Å². The van der Waals surface area contributed by atoms with Crippen molar-refractivity contribution < 1.29 is 28.7 Å². The predicted molar refractivity (Wildman–Crippen MR) is 134 cm³/mol. The summed E-state index contributed by atoms with van der Waals surface area (Å²) in [6, 6.07) is 20.0. The number of barbiturate groups is 1. The van der Waals surface area contributed by atoms with Crippen LogP contribution in [0.1, 0.15) is 20.7 Å². The lowest BCUT2D eigenvalue weighted by atomic mass is 10.1. The standard InChI is InChI=1S/C26H21N5O6/c1-37-20-9-5-8-19(14-20)31-25(35)21(24(34)29-26(31)36)15-27-30-23(33)17-10-12-18(13-11-17)28-22(32)16-6-3-2-4-7-16/h2-15,21H,1H3,(H,28,32)(H,30,33)(H,29,34,36)/b27-15-/t21-/m1/s1. The Kier molecular flexibility index (Phi) is 7.34. The minimum absolute atomic E-state index is 0.205. The number of amides is 6. The second-order valence-corrected chi connectivity index (χ2v) is 7.76. The Morgan fingerprint density at radius 3 is 2.32 bits per heavy atom. The lowest BCUT2D eigenvalue weighted by Gasteiger charge is -2.28. The summed E-state index contributed by atoms with van der Waals surface area (Å²) >= 11 is 0. The first-order chi connectivity index (χ1) is 17.9. The molecule has 11 nitrogen and oxygen atoms in total. The molecule has 1 heterocycles. The van der Waals surface area contributed by atoms with Crippen molar-refractivity contribution in [3.05, 3.63) is 90.0 Å². The number of urea groups is 1. The molecule has 0 bridgehead atoms. The quantitative estimate of drug-likeness (QED) is 0.259. The van der Waals surface area contributed by atoms with Gasteiger partial charge in [0.1, 0.15) is 5.75 Å². The summed E-state index contributed by atoms with van der Waals surface area (Å²) in [5, 5.41) is 8.55. The molecule has 1 atom stereocenters. The molecule has 0 aliphatic carbocycles. The minimum atomic E-state index is -1.44. The Balaban J connectivity index is 1.39. The summed E-state index contributed by atoms with van der Waals surface area (Å²) in [5.41, 5.74) is 3.65. The second-order valence-electron chi connectivity index (χ2n) is 7.76. The maximum atomic E-state index is 12.9. The van der Waals surface area contributed by atoms with Crippen LogP contribution < -0.4 is 25.7 Å². The summed E-state index contributed by atoms with van der Waals surface area (Å²) in [5.74, 6) is -3.64. The van der Waals surface area contributed by atoms with E-state index in [1.807, 2.05) is 0 Å². The SMILES string of the molecule is COc1cccc(N2C(=O)NC(=O)[C@@H](/C=N\NC(=O)c3ccc(NC(=O)c4ccccc4)cc3)C2=O)c1. The summed E-state index contributed by atoms with van der Waals surface area (Å²) in [4.78, 5) is 62.9. The van der Waals surface area contributed by atoms with E-state index in [1.165, 1.54) is 31.4 Å². The average molecular weight is 499 g/mol. The third-order valence-electron chi connectivity index (χ3n) is 5.34. The molecule has 37 heavy (non-hydrogen) atoms. The number of carbonyl (C=O) groups is 5. The van der Waals surface area contributed by atoms with Crippen LogP contribution in [-0.4, -0.2) is 43.0 Å². The van der Waals surface area contributed by atoms with E-state index in [9.17, 15) is 24.0 Å². The van der Waals surface area contributed by atoms with E-state index in [0.29, 0.717) is 17.0 Å². The molecule has 3 aromatic rings. The number of hydrogen-bond acceptors (Lipinski definition) is 7. The number of benzene rings is 3. The van der Waals surface area contributed by atoms with Gasteiger partial charge in [-0.1, -0.05) is 24.3 Å². The molecule has 0 saturated carbocycles. The summed E-state index contributed by atoms with van der Waals surface area (Å²) < 4.78 is 5.11. The molecule has 3 aromatic carbocycles. The van der Waals surface area contributed by atoms with E-state index >= 15 is 0 Å². The highest BCUT2D eigenvalue weighted by Crippen LogP contribution is 2.24. The number of ether oxygens (including phenoxy) is 1. The molecule has 0 unspecified atom stereocenters. The number of hydrazone groups is 1. The van der Waals surface area contributed by atoms with Crippen LogP contribution in [0.25, 0.3) is 0 Å². The lowest BCUT2D eigenvalue weighted by Crippen LogP contribution is -2.58. The van der Waals surface area contributed by atoms with E-state index < -0.39 is 29.7 Å². The molecule has 1 fully saturated rings. The Morgan fingerprint density at radius 1 is 0.919 bits per heavy atom. The van der Waals surface area contributed by atoms with Crippen molar-refractivity contribution in [2.75, 3.05) is 17.3 Å². The molecule has 6 amide bonds. The number of hydrogen-bond donors (Lipinski definition) is 3. The normalized spacial score (nSPS) is 15.3. The number of methoxy groups -OCH3 is 1. The van der Waals surface area contributed by atoms with Crippen LogP contribution in [-0.2, 0) is 9.59 Å². The summed E-state index contributed by atoms with van der Waals surface area (Å²) in [6.07, 6.45) is 0.948. The van der Waals surface area contributed by atoms with Gasteiger partial charge < -0.3 is 10.1 Å². The smallest absolute Gasteiger partial charge is 0.335 e. The van der Waals surface area contributed by atoms with Gasteiger partial charge in [-0.2, -0.15) is 5.10 Å². The monoisotopic (exact) mass is 499 g/mol. The van der Waals surface area contributed by atoms with E-state index in [0.717, 1.165) is 11.1 Å². The molecule has 0 radical (unpaired) electrons. The summed E-state index contributed by atoms with van der Waals surface area (Å²) in [7, 11) is 1.44. The van der Waals surface area contributed by atoms with Crippen molar-refractivity contribution >= 4 is 47.2 Å². The van der Waals surface area contributed by atoms with Gasteiger partial charge in [-0.05, 0) is 48.5 Å². The number of anilines is 2. The zero-order valence-corrected chi connectivity index (χ0v) is 19.5. The number of rotatable bonds is 7. The van der Waals surface area contributed by atoms with Crippen LogP contribution in [0.5, 0.6) is 5.75 Å². The summed E-state index contributed by atoms with van der Waals surface area (Å²) in [6.45, 7) is 0. The first kappa shape index (κ1) is 24.8. The molecular weight excluding hydrogens is 478 g/mol. The van der Waals surface area contributed by atoms with Gasteiger partial charge in [0, 0.05) is 29.1 Å². The van der Waals surface area contributed by atoms with Gasteiger partial charge in [0.05, 0.1) is 12.8 Å². The molecule has 0 spiro atoms. The predicted octanol–water partition coefficient (Wildman–Crippen LogP) is 2.56. The fourth-order valence-corrected chi connectivity index (χ4v) is 3.45. The third-order valence-corrected chi connectivity index (χ3v) is 5.34. The van der Waals surface area contributed by atoms with Crippen molar-refractivity contribution in [2.45, 2.75) is 0 Å². The Hall–Kier alpha value is -5.32. The Labute approximate surface area is 211 Å². The van der Waals surface area contributed by atoms with Crippen molar-refractivity contribution in [1.82, 2.24) is 10.7 Å². The highest BCUT2D eigenvalue weighted by atomic mass is 16.5. The number of imide groups is 2. The topological polar surface area (TPSA) is 146 Å². The second kappa shape index (κ2) is 11.0. The molecule has 1 aliphatic heterocycles. The first-order valence-corrected chi connectivity index (χ1v) is 11.0. The molecular formula is C26H21N5O6. The maximum absolute atomic E-state index is 12.9. The van der Waals surface area contributed by atoms with Gasteiger partial charge >= 0.3 is 6.03 Å². The van der Waals surface area contributed by atoms with Crippen molar-refractivity contribution in [3.8, 4) is 5.75 Å². The van der Waals surface area contributed by atoms with Gasteiger partial charge in [0.15, 0.2) is 5.92 Å². The maximum Gasteiger partial charge on any atom is 0.335 e. The number of nitrogens with zero attached hydrogens (tertiary/aromatic N) is 2. The third kappa shape index (κ3) is 5.68. The van der Waals surface area contributed by atoms with Crippen LogP contribution >= 0.6 is 0 Å². The van der Waals surface area contributed by atoms with Crippen molar-refractivity contribution in [2.24, 2.45) is 11.0 Å². The lowest BCUT2D eigenvalue weighted by molar-refractivity contribution is -0.131. The fraction of sp³-hybridized carbons (Fsp3) is 0.0769. The molecule has 186 valence electrons. The van der Waals surface area contributed by atoms with Gasteiger partial charge in [-0.3, -0.25) is 24.5 Å². The Morgan fingerprint density at radius 2 is 1.62 bits per heavy atom. The van der Waals surface area contributed by atoms with Crippen LogP contribution in [0.4, 0.5) is 16.2 Å².